The molecule has 1 aromatic carbocycles. The van der Waals surface area contributed by atoms with Crippen molar-refractivity contribution in [3.8, 4) is 5.75 Å². The van der Waals surface area contributed by atoms with Gasteiger partial charge in [-0.05, 0) is 6.07 Å². The number of carboxylic acid groups (broad SMARTS) is 1. The topological polar surface area (TPSA) is 72.5 Å². The lowest BCUT2D eigenvalue weighted by molar-refractivity contribution is -0.136. The highest BCUT2D eigenvalue weighted by atomic mass is 16.5. The van der Waals surface area contributed by atoms with Crippen molar-refractivity contribution in [2.75, 3.05) is 12.8 Å². The zero-order chi connectivity index (χ0) is 9.84. The molecule has 0 fully saturated rings. The van der Waals surface area contributed by atoms with Crippen LogP contribution in [0.1, 0.15) is 5.56 Å². The monoisotopic (exact) mass is 181 g/mol. The van der Waals surface area contributed by atoms with Crippen molar-refractivity contribution in [3.63, 3.8) is 0 Å². The summed E-state index contributed by atoms with van der Waals surface area (Å²) >= 11 is 0. The highest BCUT2D eigenvalue weighted by Crippen LogP contribution is 2.25. The van der Waals surface area contributed by atoms with Crippen LogP contribution in [0.4, 0.5) is 5.69 Å². The van der Waals surface area contributed by atoms with E-state index < -0.39 is 5.97 Å². The predicted octanol–water partition coefficient (Wildman–Crippen LogP) is 0.905. The van der Waals surface area contributed by atoms with E-state index in [1.54, 1.807) is 18.2 Å². The van der Waals surface area contributed by atoms with Crippen LogP contribution >= 0.6 is 0 Å². The molecular weight excluding hydrogens is 170 g/mol. The van der Waals surface area contributed by atoms with Gasteiger partial charge in [-0.25, -0.2) is 0 Å². The Bertz CT molecular complexity index is 323. The zero-order valence-corrected chi connectivity index (χ0v) is 7.28. The molecule has 0 unspecified atom stereocenters. The Balaban J connectivity index is 3.05. The van der Waals surface area contributed by atoms with Gasteiger partial charge in [-0.1, -0.05) is 12.1 Å². The van der Waals surface area contributed by atoms with Crippen LogP contribution in [0.3, 0.4) is 0 Å². The van der Waals surface area contributed by atoms with Crippen LogP contribution < -0.4 is 10.5 Å². The number of ether oxygens (including phenoxy) is 1. The Labute approximate surface area is 75.9 Å². The Morgan fingerprint density at radius 1 is 1.62 bits per heavy atom. The second-order valence-corrected chi connectivity index (χ2v) is 2.61. The summed E-state index contributed by atoms with van der Waals surface area (Å²) < 4.78 is 4.99. The molecule has 4 heteroatoms. The first-order chi connectivity index (χ1) is 6.15. The van der Waals surface area contributed by atoms with Crippen molar-refractivity contribution < 1.29 is 14.6 Å². The second-order valence-electron chi connectivity index (χ2n) is 2.61. The molecule has 0 saturated heterocycles. The Morgan fingerprint density at radius 2 is 2.31 bits per heavy atom. The summed E-state index contributed by atoms with van der Waals surface area (Å²) in [5, 5.41) is 8.58. The summed E-state index contributed by atoms with van der Waals surface area (Å²) in [5.41, 5.74) is 6.64. The van der Waals surface area contributed by atoms with E-state index >= 15 is 0 Å². The number of nitrogens with two attached hydrogens (primary N) is 1. The minimum atomic E-state index is -0.899. The fourth-order valence-corrected chi connectivity index (χ4v) is 1.16. The molecule has 0 bridgehead atoms. The first kappa shape index (κ1) is 9.38. The van der Waals surface area contributed by atoms with E-state index in [0.29, 0.717) is 17.0 Å². The highest BCUT2D eigenvalue weighted by molar-refractivity contribution is 5.73. The van der Waals surface area contributed by atoms with Crippen LogP contribution in [0.5, 0.6) is 5.75 Å². The lowest BCUT2D eigenvalue weighted by atomic mass is 10.1. The number of hydrogen-bond donors (Lipinski definition) is 2. The zero-order valence-electron chi connectivity index (χ0n) is 7.28. The molecule has 0 aliphatic carbocycles. The van der Waals surface area contributed by atoms with Crippen molar-refractivity contribution in [1.29, 1.82) is 0 Å². The largest absolute Gasteiger partial charge is 0.494 e. The number of para-hydroxylation sites is 1. The molecule has 0 aliphatic heterocycles. The van der Waals surface area contributed by atoms with E-state index in [1.807, 2.05) is 0 Å². The van der Waals surface area contributed by atoms with Gasteiger partial charge in [0.25, 0.3) is 0 Å². The second kappa shape index (κ2) is 3.80. The van der Waals surface area contributed by atoms with Crippen molar-refractivity contribution in [2.24, 2.45) is 0 Å². The summed E-state index contributed by atoms with van der Waals surface area (Å²) in [6.07, 6.45) is -0.0752. The van der Waals surface area contributed by atoms with E-state index in [4.69, 9.17) is 15.6 Å². The maximum absolute atomic E-state index is 10.5. The normalized spacial score (nSPS) is 9.62. The molecule has 0 spiro atoms. The quantitative estimate of drug-likeness (QED) is 0.679. The third-order valence-electron chi connectivity index (χ3n) is 1.67. The summed E-state index contributed by atoms with van der Waals surface area (Å²) in [5.74, 6) is -0.450. The molecule has 13 heavy (non-hydrogen) atoms. The number of carboxylic acids is 1. The number of hydrogen-bond acceptors (Lipinski definition) is 3. The Morgan fingerprint density at radius 3 is 2.85 bits per heavy atom. The number of anilines is 1. The third kappa shape index (κ3) is 2.11. The van der Waals surface area contributed by atoms with E-state index in [2.05, 4.69) is 0 Å². The van der Waals surface area contributed by atoms with E-state index in [0.717, 1.165) is 0 Å². The molecule has 70 valence electrons. The minimum absolute atomic E-state index is 0.0752. The maximum Gasteiger partial charge on any atom is 0.307 e. The van der Waals surface area contributed by atoms with Crippen molar-refractivity contribution in [3.05, 3.63) is 23.8 Å². The number of carbonyl (C=O) groups is 1. The van der Waals surface area contributed by atoms with Crippen LogP contribution in [-0.4, -0.2) is 18.2 Å². The first-order valence-electron chi connectivity index (χ1n) is 3.78. The molecule has 0 aliphatic rings. The van der Waals surface area contributed by atoms with Crippen molar-refractivity contribution >= 4 is 11.7 Å². The molecule has 0 saturated carbocycles. The Hall–Kier alpha value is -1.71. The summed E-state index contributed by atoms with van der Waals surface area (Å²) in [6, 6.07) is 5.06. The van der Waals surface area contributed by atoms with Crippen LogP contribution in [0.2, 0.25) is 0 Å². The Kier molecular flexibility index (Phi) is 2.74. The van der Waals surface area contributed by atoms with E-state index in [9.17, 15) is 4.79 Å². The standard InChI is InChI=1S/C9H11NO3/c1-13-9-6(5-8(11)12)3-2-4-7(9)10/h2-4H,5,10H2,1H3,(H,11,12). The summed E-state index contributed by atoms with van der Waals surface area (Å²) in [4.78, 5) is 10.5. The number of rotatable bonds is 3. The van der Waals surface area contributed by atoms with Crippen LogP contribution in [0, 0.1) is 0 Å². The molecule has 4 nitrogen and oxygen atoms in total. The van der Waals surface area contributed by atoms with E-state index in [1.165, 1.54) is 7.11 Å². The van der Waals surface area contributed by atoms with Gasteiger partial charge in [-0.15, -0.1) is 0 Å². The molecular formula is C9H11NO3. The van der Waals surface area contributed by atoms with Crippen molar-refractivity contribution in [1.82, 2.24) is 0 Å². The molecule has 1 aromatic rings. The number of methoxy groups -OCH3 is 1. The SMILES string of the molecule is COc1c(N)cccc1CC(=O)O. The maximum atomic E-state index is 10.5. The molecule has 0 radical (unpaired) electrons. The van der Waals surface area contributed by atoms with Crippen LogP contribution in [0.25, 0.3) is 0 Å². The smallest absolute Gasteiger partial charge is 0.307 e. The van der Waals surface area contributed by atoms with Gasteiger partial charge in [-0.3, -0.25) is 4.79 Å². The summed E-state index contributed by atoms with van der Waals surface area (Å²) in [7, 11) is 1.47. The molecule has 0 aromatic heterocycles. The molecule has 0 heterocycles. The fraction of sp³-hybridized carbons (Fsp3) is 0.222. The average molecular weight is 181 g/mol. The lowest BCUT2D eigenvalue weighted by Gasteiger charge is -2.08. The van der Waals surface area contributed by atoms with Gasteiger partial charge in [0.1, 0.15) is 5.75 Å². The molecule has 3 N–H and O–H groups in total. The van der Waals surface area contributed by atoms with Gasteiger partial charge < -0.3 is 15.6 Å². The van der Waals surface area contributed by atoms with Gasteiger partial charge in [-0.2, -0.15) is 0 Å². The first-order valence-corrected chi connectivity index (χ1v) is 3.78. The van der Waals surface area contributed by atoms with E-state index in [-0.39, 0.29) is 6.42 Å². The third-order valence-corrected chi connectivity index (χ3v) is 1.67. The average Bonchev–Trinajstić information content (AvgIpc) is 2.03. The molecule has 0 amide bonds. The van der Waals surface area contributed by atoms with Gasteiger partial charge in [0.05, 0.1) is 19.2 Å². The van der Waals surface area contributed by atoms with Gasteiger partial charge in [0, 0.05) is 5.56 Å². The fourth-order valence-electron chi connectivity index (χ4n) is 1.16. The highest BCUT2D eigenvalue weighted by Gasteiger charge is 2.09. The predicted molar refractivity (Wildman–Crippen MR) is 48.7 cm³/mol. The molecule has 1 rings (SSSR count). The number of nitrogen functional groups attached to an aromatic ring is 1. The minimum Gasteiger partial charge on any atom is -0.494 e. The lowest BCUT2D eigenvalue weighted by Crippen LogP contribution is -2.03. The van der Waals surface area contributed by atoms with Crippen LogP contribution in [-0.2, 0) is 11.2 Å². The summed E-state index contributed by atoms with van der Waals surface area (Å²) in [6.45, 7) is 0. The van der Waals surface area contributed by atoms with Crippen LogP contribution in [0.15, 0.2) is 18.2 Å². The molecule has 0 atom stereocenters. The van der Waals surface area contributed by atoms with Gasteiger partial charge in [0.15, 0.2) is 0 Å². The van der Waals surface area contributed by atoms with Gasteiger partial charge in [0.2, 0.25) is 0 Å². The number of benzene rings is 1. The number of aliphatic carboxylic acids is 1. The van der Waals surface area contributed by atoms with Crippen molar-refractivity contribution in [2.45, 2.75) is 6.42 Å². The van der Waals surface area contributed by atoms with Gasteiger partial charge >= 0.3 is 5.97 Å².